The van der Waals surface area contributed by atoms with Gasteiger partial charge in [-0.15, -0.1) is 0 Å². The molecule has 0 aromatic carbocycles. The van der Waals surface area contributed by atoms with Crippen LogP contribution in [0.25, 0.3) is 0 Å². The summed E-state index contributed by atoms with van der Waals surface area (Å²) in [4.78, 5) is 16.5. The maximum Gasteiger partial charge on any atom is 0.317 e. The maximum absolute atomic E-state index is 12.0. The molecule has 0 radical (unpaired) electrons. The van der Waals surface area contributed by atoms with Gasteiger partial charge in [-0.05, 0) is 33.1 Å². The van der Waals surface area contributed by atoms with Crippen LogP contribution in [0, 0.1) is 0 Å². The predicted molar refractivity (Wildman–Crippen MR) is 75.2 cm³/mol. The molecule has 1 unspecified atom stereocenters. The molecular formula is C14H26N4O. The molecule has 1 atom stereocenters. The smallest absolute Gasteiger partial charge is 0.317 e. The highest BCUT2D eigenvalue weighted by Crippen LogP contribution is 2.23. The van der Waals surface area contributed by atoms with Crippen molar-refractivity contribution in [1.29, 1.82) is 0 Å². The van der Waals surface area contributed by atoms with Crippen molar-refractivity contribution in [2.24, 2.45) is 0 Å². The quantitative estimate of drug-likeness (QED) is 0.770. The SMILES string of the molecule is CC1(C)CC(N2CCN(C(=O)NC3CC3)CC2)CN1. The van der Waals surface area contributed by atoms with Crippen LogP contribution in [0.3, 0.4) is 0 Å². The summed E-state index contributed by atoms with van der Waals surface area (Å²) in [6.07, 6.45) is 3.53. The van der Waals surface area contributed by atoms with E-state index >= 15 is 0 Å². The third-order valence-corrected chi connectivity index (χ3v) is 4.58. The zero-order chi connectivity index (χ0) is 13.5. The Morgan fingerprint density at radius 3 is 2.42 bits per heavy atom. The van der Waals surface area contributed by atoms with E-state index in [0.717, 1.165) is 45.6 Å². The zero-order valence-corrected chi connectivity index (χ0v) is 12.1. The van der Waals surface area contributed by atoms with E-state index in [1.807, 2.05) is 4.90 Å². The topological polar surface area (TPSA) is 47.6 Å². The van der Waals surface area contributed by atoms with Crippen LogP contribution in [0.15, 0.2) is 0 Å². The first-order valence-electron chi connectivity index (χ1n) is 7.58. The lowest BCUT2D eigenvalue weighted by Gasteiger charge is -2.38. The molecule has 2 amide bonds. The van der Waals surface area contributed by atoms with Gasteiger partial charge in [0.15, 0.2) is 0 Å². The van der Waals surface area contributed by atoms with Crippen LogP contribution in [0.1, 0.15) is 33.1 Å². The molecule has 2 saturated heterocycles. The summed E-state index contributed by atoms with van der Waals surface area (Å²) in [7, 11) is 0. The molecule has 3 fully saturated rings. The van der Waals surface area contributed by atoms with E-state index < -0.39 is 0 Å². The van der Waals surface area contributed by atoms with Gasteiger partial charge in [-0.3, -0.25) is 4.90 Å². The van der Waals surface area contributed by atoms with Crippen LogP contribution in [0.5, 0.6) is 0 Å². The summed E-state index contributed by atoms with van der Waals surface area (Å²) in [6, 6.07) is 1.25. The van der Waals surface area contributed by atoms with Crippen LogP contribution in [0.2, 0.25) is 0 Å². The predicted octanol–water partition coefficient (Wildman–Crippen LogP) is 0.617. The van der Waals surface area contributed by atoms with Crippen molar-refractivity contribution in [1.82, 2.24) is 20.4 Å². The first-order chi connectivity index (χ1) is 9.03. The minimum absolute atomic E-state index is 0.145. The Morgan fingerprint density at radius 1 is 1.21 bits per heavy atom. The number of amides is 2. The standard InChI is InChI=1S/C14H26N4O/c1-14(2)9-12(10-15-14)17-5-7-18(8-6-17)13(19)16-11-3-4-11/h11-12,15H,3-10H2,1-2H3,(H,16,19). The van der Waals surface area contributed by atoms with Crippen molar-refractivity contribution in [3.05, 3.63) is 0 Å². The lowest BCUT2D eigenvalue weighted by atomic mass is 10.0. The molecule has 2 N–H and O–H groups in total. The van der Waals surface area contributed by atoms with E-state index in [2.05, 4.69) is 29.4 Å². The van der Waals surface area contributed by atoms with Crippen LogP contribution >= 0.6 is 0 Å². The number of nitrogens with zero attached hydrogens (tertiary/aromatic N) is 2. The Morgan fingerprint density at radius 2 is 1.89 bits per heavy atom. The molecule has 1 saturated carbocycles. The van der Waals surface area contributed by atoms with Gasteiger partial charge in [-0.2, -0.15) is 0 Å². The Balaban J connectivity index is 1.45. The lowest BCUT2D eigenvalue weighted by Crippen LogP contribution is -2.54. The normalized spacial score (nSPS) is 31.5. The van der Waals surface area contributed by atoms with Gasteiger partial charge in [-0.1, -0.05) is 0 Å². The van der Waals surface area contributed by atoms with Gasteiger partial charge >= 0.3 is 6.03 Å². The molecule has 108 valence electrons. The summed E-state index contributed by atoms with van der Waals surface area (Å²) in [5, 5.41) is 6.65. The van der Waals surface area contributed by atoms with Gasteiger partial charge in [0.2, 0.25) is 0 Å². The summed E-state index contributed by atoms with van der Waals surface area (Å²) in [5.41, 5.74) is 0.269. The Bertz CT molecular complexity index is 345. The molecule has 2 aliphatic heterocycles. The molecular weight excluding hydrogens is 240 g/mol. The van der Waals surface area contributed by atoms with Crippen molar-refractivity contribution in [2.45, 2.75) is 50.7 Å². The first-order valence-corrected chi connectivity index (χ1v) is 7.58. The third kappa shape index (κ3) is 3.20. The fourth-order valence-corrected chi connectivity index (χ4v) is 3.17. The second kappa shape index (κ2) is 4.94. The van der Waals surface area contributed by atoms with Gasteiger partial charge in [0.05, 0.1) is 0 Å². The van der Waals surface area contributed by atoms with Crippen molar-refractivity contribution in [2.75, 3.05) is 32.7 Å². The van der Waals surface area contributed by atoms with Gasteiger partial charge < -0.3 is 15.5 Å². The molecule has 5 nitrogen and oxygen atoms in total. The Hall–Kier alpha value is -0.810. The minimum Gasteiger partial charge on any atom is -0.335 e. The average Bonchev–Trinajstić information content (AvgIpc) is 3.11. The zero-order valence-electron chi connectivity index (χ0n) is 12.1. The van der Waals surface area contributed by atoms with E-state index in [1.54, 1.807) is 0 Å². The molecule has 1 aliphatic carbocycles. The van der Waals surface area contributed by atoms with Crippen molar-refractivity contribution in [3.63, 3.8) is 0 Å². The molecule has 5 heteroatoms. The lowest BCUT2D eigenvalue weighted by molar-refractivity contribution is 0.111. The average molecular weight is 266 g/mol. The molecule has 2 heterocycles. The van der Waals surface area contributed by atoms with Gasteiger partial charge in [0, 0.05) is 50.3 Å². The number of rotatable bonds is 2. The van der Waals surface area contributed by atoms with Crippen LogP contribution in [-0.2, 0) is 0 Å². The molecule has 0 bridgehead atoms. The fourth-order valence-electron chi connectivity index (χ4n) is 3.17. The number of carbonyl (C=O) groups excluding carboxylic acids is 1. The van der Waals surface area contributed by atoms with Crippen LogP contribution in [-0.4, -0.2) is 66.2 Å². The Kier molecular flexibility index (Phi) is 3.43. The summed E-state index contributed by atoms with van der Waals surface area (Å²) < 4.78 is 0. The Labute approximate surface area is 115 Å². The molecule has 3 aliphatic rings. The van der Waals surface area contributed by atoms with Gasteiger partial charge in [0.25, 0.3) is 0 Å². The highest BCUT2D eigenvalue weighted by atomic mass is 16.2. The molecule has 0 spiro atoms. The van der Waals surface area contributed by atoms with E-state index in [1.165, 1.54) is 6.42 Å². The second-order valence-electron chi connectivity index (χ2n) is 6.87. The first kappa shape index (κ1) is 13.2. The van der Waals surface area contributed by atoms with E-state index in [0.29, 0.717) is 12.1 Å². The summed E-state index contributed by atoms with van der Waals surface area (Å²) in [6.45, 7) is 9.39. The second-order valence-corrected chi connectivity index (χ2v) is 6.87. The number of hydrogen-bond acceptors (Lipinski definition) is 3. The van der Waals surface area contributed by atoms with E-state index in [9.17, 15) is 4.79 Å². The molecule has 3 rings (SSSR count). The van der Waals surface area contributed by atoms with E-state index in [-0.39, 0.29) is 11.6 Å². The number of urea groups is 1. The van der Waals surface area contributed by atoms with Gasteiger partial charge in [0.1, 0.15) is 0 Å². The number of hydrogen-bond donors (Lipinski definition) is 2. The highest BCUT2D eigenvalue weighted by molar-refractivity contribution is 5.75. The molecule has 19 heavy (non-hydrogen) atoms. The van der Waals surface area contributed by atoms with Crippen molar-refractivity contribution in [3.8, 4) is 0 Å². The highest BCUT2D eigenvalue weighted by Gasteiger charge is 2.35. The third-order valence-electron chi connectivity index (χ3n) is 4.58. The monoisotopic (exact) mass is 266 g/mol. The fraction of sp³-hybridized carbons (Fsp3) is 0.929. The van der Waals surface area contributed by atoms with Crippen LogP contribution in [0.4, 0.5) is 4.79 Å². The van der Waals surface area contributed by atoms with E-state index in [4.69, 9.17) is 0 Å². The maximum atomic E-state index is 12.0. The summed E-state index contributed by atoms with van der Waals surface area (Å²) in [5.74, 6) is 0. The van der Waals surface area contributed by atoms with Crippen molar-refractivity contribution >= 4 is 6.03 Å². The molecule has 0 aromatic heterocycles. The molecule has 0 aromatic rings. The number of piperazine rings is 1. The van der Waals surface area contributed by atoms with Crippen LogP contribution < -0.4 is 10.6 Å². The number of nitrogens with one attached hydrogen (secondary N) is 2. The van der Waals surface area contributed by atoms with Gasteiger partial charge in [-0.25, -0.2) is 4.79 Å². The largest absolute Gasteiger partial charge is 0.335 e. The summed E-state index contributed by atoms with van der Waals surface area (Å²) >= 11 is 0. The number of carbonyl (C=O) groups is 1. The minimum atomic E-state index is 0.145. The van der Waals surface area contributed by atoms with Crippen molar-refractivity contribution < 1.29 is 4.79 Å².